The number of likely N-dealkylation sites (N-methyl/N-ethyl adjacent to an activating group) is 2. The Hall–Kier alpha value is -3.37. The molecule has 9 heteroatoms. The molecule has 0 radical (unpaired) electrons. The average Bonchev–Trinajstić information content (AvgIpc) is 3.53. The van der Waals surface area contributed by atoms with Gasteiger partial charge in [-0.3, -0.25) is 14.5 Å². The predicted molar refractivity (Wildman–Crippen MR) is 168 cm³/mol. The zero-order chi connectivity index (χ0) is 28.1. The van der Waals surface area contributed by atoms with Crippen LogP contribution in [0.5, 0.6) is 0 Å². The number of benzene rings is 3. The van der Waals surface area contributed by atoms with E-state index in [0.717, 1.165) is 64.8 Å². The highest BCUT2D eigenvalue weighted by Crippen LogP contribution is 2.66. The van der Waals surface area contributed by atoms with Gasteiger partial charge in [-0.1, -0.05) is 78.6 Å². The van der Waals surface area contributed by atoms with Crippen LogP contribution in [0.15, 0.2) is 66.7 Å². The van der Waals surface area contributed by atoms with Crippen molar-refractivity contribution >= 4 is 67.5 Å². The van der Waals surface area contributed by atoms with E-state index in [4.69, 9.17) is 17.2 Å². The second-order valence-corrected chi connectivity index (χ2v) is 13.6. The zero-order valence-corrected chi connectivity index (χ0v) is 24.5. The number of hydrogen-bond donors (Lipinski definition) is 1. The number of Topliss-reactive ketones (excluding diaryl/α,β-unsaturated/α-hetero) is 1. The van der Waals surface area contributed by atoms with Crippen molar-refractivity contribution in [1.29, 1.82) is 0 Å². The summed E-state index contributed by atoms with van der Waals surface area (Å²) < 4.78 is -0.783. The topological polar surface area (TPSA) is 68.8 Å². The second kappa shape index (κ2) is 8.82. The van der Waals surface area contributed by atoms with Crippen LogP contribution in [-0.4, -0.2) is 82.4 Å². The number of amides is 1. The number of aromatic nitrogens is 1. The van der Waals surface area contributed by atoms with Gasteiger partial charge >= 0.3 is 0 Å². The second-order valence-electron chi connectivity index (χ2n) is 11.6. The number of anilines is 1. The van der Waals surface area contributed by atoms with Crippen LogP contribution in [-0.2, 0) is 10.3 Å². The Balaban J connectivity index is 1.41. The lowest BCUT2D eigenvalue weighted by atomic mass is 9.71. The van der Waals surface area contributed by atoms with E-state index < -0.39 is 10.3 Å². The standard InChI is InChI=1S/C32H29N5O2S2/c1-35-13-15-37(16-14-35)28-22(17-20-7-3-4-12-25(20)33-28)24-18-36(2)31(32(24)29(39)34-30(40)41-32)23-11-6-9-19-8-5-10-21(26(19)23)27(31)38/h3-12,17,24H,13-16,18H2,1-2H3,(H,34,39,40). The third kappa shape index (κ3) is 3.17. The molecule has 3 atom stereocenters. The van der Waals surface area contributed by atoms with E-state index >= 15 is 0 Å². The third-order valence-electron chi connectivity index (χ3n) is 9.64. The monoisotopic (exact) mass is 579 g/mol. The molecule has 3 unspecified atom stereocenters. The van der Waals surface area contributed by atoms with Gasteiger partial charge in [-0.25, -0.2) is 4.98 Å². The lowest BCUT2D eigenvalue weighted by molar-refractivity contribution is -0.123. The molecule has 7 nitrogen and oxygen atoms in total. The van der Waals surface area contributed by atoms with Gasteiger partial charge in [0.15, 0.2) is 5.78 Å². The van der Waals surface area contributed by atoms with Crippen molar-refractivity contribution in [3.63, 3.8) is 0 Å². The highest BCUT2D eigenvalue weighted by molar-refractivity contribution is 8.25. The number of para-hydroxylation sites is 1. The molecule has 1 aromatic heterocycles. The molecule has 4 heterocycles. The number of rotatable bonds is 2. The van der Waals surface area contributed by atoms with Crippen molar-refractivity contribution in [2.24, 2.45) is 0 Å². The van der Waals surface area contributed by atoms with Gasteiger partial charge in [0.25, 0.3) is 0 Å². The quantitative estimate of drug-likeness (QED) is 0.356. The molecule has 3 fully saturated rings. The van der Waals surface area contributed by atoms with E-state index in [0.29, 0.717) is 16.4 Å². The molecule has 1 N–H and O–H groups in total. The number of piperazine rings is 1. The fourth-order valence-corrected chi connectivity index (χ4v) is 9.73. The summed E-state index contributed by atoms with van der Waals surface area (Å²) in [5, 5.41) is 5.95. The summed E-state index contributed by atoms with van der Waals surface area (Å²) >= 11 is 7.05. The Morgan fingerprint density at radius 3 is 2.44 bits per heavy atom. The molecule has 3 aliphatic heterocycles. The Morgan fingerprint density at radius 1 is 0.951 bits per heavy atom. The molecule has 8 rings (SSSR count). The van der Waals surface area contributed by atoms with Crippen molar-refractivity contribution in [2.45, 2.75) is 16.2 Å². The smallest absolute Gasteiger partial charge is 0.245 e. The van der Waals surface area contributed by atoms with Crippen molar-refractivity contribution in [3.05, 3.63) is 83.4 Å². The van der Waals surface area contributed by atoms with Gasteiger partial charge in [0.05, 0.1) is 5.52 Å². The fourth-order valence-electron chi connectivity index (χ4n) is 7.81. The van der Waals surface area contributed by atoms with Gasteiger partial charge in [-0.15, -0.1) is 0 Å². The van der Waals surface area contributed by atoms with Crippen LogP contribution in [0.4, 0.5) is 5.82 Å². The number of ketones is 1. The number of carbonyl (C=O) groups excluding carboxylic acids is 2. The van der Waals surface area contributed by atoms with Gasteiger partial charge in [0.2, 0.25) is 5.91 Å². The number of carbonyl (C=O) groups is 2. The number of thiocarbonyl (C=S) groups is 1. The first-order valence-corrected chi connectivity index (χ1v) is 15.2. The number of pyridine rings is 1. The minimum Gasteiger partial charge on any atom is -0.354 e. The van der Waals surface area contributed by atoms with Crippen molar-refractivity contribution in [1.82, 2.24) is 20.1 Å². The van der Waals surface area contributed by atoms with Gasteiger partial charge in [0, 0.05) is 55.2 Å². The van der Waals surface area contributed by atoms with Crippen LogP contribution in [0.1, 0.15) is 27.4 Å². The molecular formula is C32H29N5O2S2. The van der Waals surface area contributed by atoms with Crippen molar-refractivity contribution < 1.29 is 9.59 Å². The van der Waals surface area contributed by atoms with E-state index in [2.05, 4.69) is 39.2 Å². The van der Waals surface area contributed by atoms with Crippen LogP contribution in [0.25, 0.3) is 21.7 Å². The Kier molecular flexibility index (Phi) is 5.45. The Labute approximate surface area is 247 Å². The molecule has 1 amide bonds. The fraction of sp³-hybridized carbons (Fsp3) is 0.312. The molecular weight excluding hydrogens is 551 g/mol. The first-order chi connectivity index (χ1) is 19.9. The lowest BCUT2D eigenvalue weighted by Crippen LogP contribution is -2.60. The molecule has 0 saturated carbocycles. The third-order valence-corrected chi connectivity index (χ3v) is 11.4. The summed E-state index contributed by atoms with van der Waals surface area (Å²) in [4.78, 5) is 41.3. The Bertz CT molecular complexity index is 1810. The summed E-state index contributed by atoms with van der Waals surface area (Å²) in [5.41, 5.74) is 2.28. The molecule has 2 spiro atoms. The first kappa shape index (κ1) is 25.3. The number of fused-ring (bicyclic) bond motifs is 3. The maximum absolute atomic E-state index is 14.8. The number of likely N-dealkylation sites (tertiary alicyclic amines) is 1. The number of nitrogens with zero attached hydrogens (tertiary/aromatic N) is 4. The summed E-state index contributed by atoms with van der Waals surface area (Å²) in [6.07, 6.45) is 0. The lowest BCUT2D eigenvalue weighted by Gasteiger charge is -2.43. The minimum atomic E-state index is -1.21. The highest BCUT2D eigenvalue weighted by atomic mass is 32.2. The molecule has 1 aliphatic carbocycles. The zero-order valence-electron chi connectivity index (χ0n) is 22.9. The van der Waals surface area contributed by atoms with Crippen molar-refractivity contribution in [3.8, 4) is 0 Å². The number of nitrogens with one attached hydrogen (secondary N) is 1. The number of thioether (sulfide) groups is 1. The van der Waals surface area contributed by atoms with Gasteiger partial charge in [-0.05, 0) is 42.6 Å². The van der Waals surface area contributed by atoms with E-state index in [1.165, 1.54) is 11.8 Å². The van der Waals surface area contributed by atoms with E-state index in [-0.39, 0.29) is 17.6 Å². The average molecular weight is 580 g/mol. The minimum absolute atomic E-state index is 0.0310. The van der Waals surface area contributed by atoms with Gasteiger partial charge in [0.1, 0.15) is 20.4 Å². The van der Waals surface area contributed by atoms with Crippen LogP contribution in [0.2, 0.25) is 0 Å². The summed E-state index contributed by atoms with van der Waals surface area (Å²) in [6.45, 7) is 4.07. The van der Waals surface area contributed by atoms with Crippen LogP contribution >= 0.6 is 24.0 Å². The molecule has 3 aromatic carbocycles. The normalized spacial score (nSPS) is 28.2. The van der Waals surface area contributed by atoms with E-state index in [9.17, 15) is 9.59 Å². The SMILES string of the molecule is CN1CCN(c2nc3ccccc3cc2C2CN(C)C3(C(=O)c4cccc5cccc3c45)C23SC(=S)NC3=O)CC1. The molecule has 206 valence electrons. The Morgan fingerprint density at radius 2 is 1.68 bits per heavy atom. The first-order valence-electron chi connectivity index (χ1n) is 14.0. The molecule has 4 aliphatic rings. The molecule has 0 bridgehead atoms. The molecule has 3 saturated heterocycles. The highest BCUT2D eigenvalue weighted by Gasteiger charge is 2.76. The largest absolute Gasteiger partial charge is 0.354 e. The van der Waals surface area contributed by atoms with Crippen molar-refractivity contribution in [2.75, 3.05) is 51.7 Å². The van der Waals surface area contributed by atoms with E-state index in [1.807, 2.05) is 61.6 Å². The summed E-state index contributed by atoms with van der Waals surface area (Å²) in [5.74, 6) is 0.339. The molecule has 4 aromatic rings. The number of hydrogen-bond acceptors (Lipinski definition) is 8. The summed E-state index contributed by atoms with van der Waals surface area (Å²) in [7, 11) is 4.13. The predicted octanol–water partition coefficient (Wildman–Crippen LogP) is 4.15. The molecule has 41 heavy (non-hydrogen) atoms. The maximum atomic E-state index is 14.8. The summed E-state index contributed by atoms with van der Waals surface area (Å²) in [6, 6.07) is 22.3. The van der Waals surface area contributed by atoms with Gasteiger partial charge in [-0.2, -0.15) is 0 Å². The van der Waals surface area contributed by atoms with Crippen LogP contribution < -0.4 is 10.2 Å². The van der Waals surface area contributed by atoms with Crippen LogP contribution in [0.3, 0.4) is 0 Å². The van der Waals surface area contributed by atoms with E-state index in [1.54, 1.807) is 0 Å². The van der Waals surface area contributed by atoms with Crippen LogP contribution in [0, 0.1) is 0 Å². The van der Waals surface area contributed by atoms with Gasteiger partial charge < -0.3 is 15.1 Å². The maximum Gasteiger partial charge on any atom is 0.245 e.